The molecule has 6 heteroatoms. The number of hydrogen-bond donors (Lipinski definition) is 0. The van der Waals surface area contributed by atoms with Gasteiger partial charge in [-0.1, -0.05) is 57.2 Å². The molecule has 0 saturated carbocycles. The van der Waals surface area contributed by atoms with Crippen LogP contribution < -0.4 is 56.1 Å². The third-order valence-corrected chi connectivity index (χ3v) is 4.88. The molecule has 0 saturated heterocycles. The quantitative estimate of drug-likeness (QED) is 0.349. The molecule has 0 aliphatic heterocycles. The van der Waals surface area contributed by atoms with Crippen LogP contribution in [0.4, 0.5) is 0 Å². The van der Waals surface area contributed by atoms with Crippen molar-refractivity contribution in [2.45, 2.75) is 56.8 Å². The number of benzene rings is 2. The van der Waals surface area contributed by atoms with E-state index in [-0.39, 0.29) is 56.3 Å². The fourth-order valence-corrected chi connectivity index (χ4v) is 3.21. The van der Waals surface area contributed by atoms with E-state index in [1.165, 1.54) is 55.9 Å². The predicted octanol–water partition coefficient (Wildman–Crippen LogP) is 2.29. The molecule has 4 nitrogen and oxygen atoms in total. The number of aryl methyl sites for hydroxylation is 1. The maximum atomic E-state index is 11.1. The Kier molecular flexibility index (Phi) is 11.3. The Morgan fingerprint density at radius 1 is 0.885 bits per heavy atom. The monoisotopic (exact) mass is 400 g/mol. The molecule has 0 atom stereocenters. The zero-order valence-corrected chi connectivity index (χ0v) is 19.5. The van der Waals surface area contributed by atoms with Crippen LogP contribution in [0.25, 0.3) is 0 Å². The van der Waals surface area contributed by atoms with E-state index in [1.54, 1.807) is 6.07 Å². The molecule has 0 spiro atoms. The molecule has 2 rings (SSSR count). The Morgan fingerprint density at radius 2 is 1.50 bits per heavy atom. The molecular formula is C20H25KO4S. The first-order valence-corrected chi connectivity index (χ1v) is 10.2. The van der Waals surface area contributed by atoms with Gasteiger partial charge in [-0.2, -0.15) is 0 Å². The maximum absolute atomic E-state index is 11.1. The summed E-state index contributed by atoms with van der Waals surface area (Å²) in [7, 11) is -4.48. The van der Waals surface area contributed by atoms with Gasteiger partial charge in [-0.3, -0.25) is 0 Å². The molecule has 0 bridgehead atoms. The van der Waals surface area contributed by atoms with Gasteiger partial charge in [0.15, 0.2) is 0 Å². The molecule has 2 aromatic carbocycles. The largest absolute Gasteiger partial charge is 1.00 e. The molecule has 0 aromatic heterocycles. The first-order chi connectivity index (χ1) is 12.0. The first-order valence-electron chi connectivity index (χ1n) is 8.82. The summed E-state index contributed by atoms with van der Waals surface area (Å²) in [5.41, 5.74) is 1.19. The van der Waals surface area contributed by atoms with E-state index < -0.39 is 10.1 Å². The predicted molar refractivity (Wildman–Crippen MR) is 98.0 cm³/mol. The van der Waals surface area contributed by atoms with Gasteiger partial charge in [0, 0.05) is 0 Å². The molecule has 0 heterocycles. The third-order valence-electron chi connectivity index (χ3n) is 4.05. The van der Waals surface area contributed by atoms with Crippen LogP contribution in [0.5, 0.6) is 11.5 Å². The second kappa shape index (κ2) is 12.3. The zero-order valence-electron chi connectivity index (χ0n) is 15.6. The Labute approximate surface area is 199 Å². The first kappa shape index (κ1) is 23.8. The van der Waals surface area contributed by atoms with Crippen LogP contribution in [0, 0.1) is 0 Å². The van der Waals surface area contributed by atoms with Crippen molar-refractivity contribution in [3.05, 3.63) is 54.1 Å². The van der Waals surface area contributed by atoms with Crippen molar-refractivity contribution in [3.8, 4) is 11.5 Å². The summed E-state index contributed by atoms with van der Waals surface area (Å²) in [5, 5.41) is 0. The summed E-state index contributed by atoms with van der Waals surface area (Å²) in [4.78, 5) is -0.284. The van der Waals surface area contributed by atoms with Crippen LogP contribution in [0.15, 0.2) is 53.4 Å². The van der Waals surface area contributed by atoms with Crippen molar-refractivity contribution in [2.24, 2.45) is 0 Å². The van der Waals surface area contributed by atoms with E-state index in [1.807, 2.05) is 18.2 Å². The summed E-state index contributed by atoms with van der Waals surface area (Å²) in [5.74, 6) is 0.984. The second-order valence-corrected chi connectivity index (χ2v) is 7.58. The summed E-state index contributed by atoms with van der Waals surface area (Å²) in [6.45, 7) is 2.22. The van der Waals surface area contributed by atoms with Crippen LogP contribution in [0.2, 0.25) is 0 Å². The summed E-state index contributed by atoms with van der Waals surface area (Å²) in [6.07, 6.45) is 8.53. The van der Waals surface area contributed by atoms with Crippen molar-refractivity contribution < 1.29 is 69.1 Å². The molecule has 0 fully saturated rings. The van der Waals surface area contributed by atoms with Gasteiger partial charge >= 0.3 is 51.4 Å². The van der Waals surface area contributed by atoms with Gasteiger partial charge in [-0.15, -0.1) is 0 Å². The van der Waals surface area contributed by atoms with E-state index in [0.29, 0.717) is 11.5 Å². The smallest absolute Gasteiger partial charge is 0.744 e. The topological polar surface area (TPSA) is 66.4 Å². The van der Waals surface area contributed by atoms with Crippen LogP contribution in [-0.4, -0.2) is 13.0 Å². The minimum absolute atomic E-state index is 0. The Balaban J connectivity index is 0.00000338. The number of unbranched alkanes of at least 4 members (excludes halogenated alkanes) is 5. The van der Waals surface area contributed by atoms with E-state index in [0.717, 1.165) is 12.8 Å². The van der Waals surface area contributed by atoms with Crippen LogP contribution in [0.3, 0.4) is 0 Å². The fraction of sp³-hybridized carbons (Fsp3) is 0.400. The van der Waals surface area contributed by atoms with Gasteiger partial charge < -0.3 is 9.29 Å². The summed E-state index contributed by atoms with van der Waals surface area (Å²) in [6, 6.07) is 13.4. The molecule has 0 unspecified atom stereocenters. The summed E-state index contributed by atoms with van der Waals surface area (Å²) < 4.78 is 39.0. The molecule has 0 radical (unpaired) electrons. The second-order valence-electron chi connectivity index (χ2n) is 6.20. The Hall–Kier alpha value is -0.214. The van der Waals surface area contributed by atoms with Crippen molar-refractivity contribution in [2.75, 3.05) is 0 Å². The Bertz CT molecular complexity index is 775. The molecule has 2 aromatic rings. The van der Waals surface area contributed by atoms with Crippen LogP contribution in [-0.2, 0) is 16.5 Å². The van der Waals surface area contributed by atoms with E-state index in [2.05, 4.69) is 13.0 Å². The minimum atomic E-state index is -4.48. The summed E-state index contributed by atoms with van der Waals surface area (Å²) >= 11 is 0. The third kappa shape index (κ3) is 8.65. The zero-order chi connectivity index (χ0) is 18.1. The Morgan fingerprint density at radius 3 is 2.19 bits per heavy atom. The van der Waals surface area contributed by atoms with E-state index in [9.17, 15) is 13.0 Å². The molecule has 136 valence electrons. The number of ether oxygens (including phenoxy) is 1. The van der Waals surface area contributed by atoms with E-state index >= 15 is 0 Å². The average molecular weight is 401 g/mol. The van der Waals surface area contributed by atoms with Gasteiger partial charge in [-0.05, 0) is 48.7 Å². The normalized spacial score (nSPS) is 11.0. The van der Waals surface area contributed by atoms with Crippen molar-refractivity contribution >= 4 is 10.1 Å². The standard InChI is InChI=1S/C20H26O4S.K/c1-2-3-4-5-6-7-10-17-11-8-12-18(15-17)24-19-13-9-14-20(16-19)25(21,22)23;/h8-9,11-16H,2-7,10H2,1H3,(H,21,22,23);/q;+1/p-1. The van der Waals surface area contributed by atoms with Gasteiger partial charge in [-0.25, -0.2) is 8.42 Å². The molecule has 0 amide bonds. The van der Waals surface area contributed by atoms with Gasteiger partial charge in [0.1, 0.15) is 21.6 Å². The molecule has 0 aliphatic carbocycles. The fourth-order valence-electron chi connectivity index (χ4n) is 2.70. The maximum Gasteiger partial charge on any atom is 1.00 e. The molecule has 26 heavy (non-hydrogen) atoms. The number of rotatable bonds is 10. The number of hydrogen-bond acceptors (Lipinski definition) is 4. The molecular weight excluding hydrogens is 375 g/mol. The van der Waals surface area contributed by atoms with Gasteiger partial charge in [0.05, 0.1) is 4.90 Å². The minimum Gasteiger partial charge on any atom is -0.744 e. The van der Waals surface area contributed by atoms with Crippen LogP contribution >= 0.6 is 0 Å². The average Bonchev–Trinajstić information content (AvgIpc) is 2.58. The van der Waals surface area contributed by atoms with E-state index in [4.69, 9.17) is 4.74 Å². The van der Waals surface area contributed by atoms with Crippen molar-refractivity contribution in [3.63, 3.8) is 0 Å². The molecule has 0 N–H and O–H groups in total. The van der Waals surface area contributed by atoms with Crippen molar-refractivity contribution in [1.82, 2.24) is 0 Å². The van der Waals surface area contributed by atoms with Crippen LogP contribution in [0.1, 0.15) is 51.0 Å². The SMILES string of the molecule is CCCCCCCCc1cccc(Oc2cccc(S(=O)(=O)[O-])c2)c1.[K+]. The van der Waals surface area contributed by atoms with Gasteiger partial charge in [0.2, 0.25) is 0 Å². The molecule has 0 aliphatic rings. The van der Waals surface area contributed by atoms with Gasteiger partial charge in [0.25, 0.3) is 0 Å². The van der Waals surface area contributed by atoms with Crippen molar-refractivity contribution in [1.29, 1.82) is 0 Å².